The first kappa shape index (κ1) is 22.2. The van der Waals surface area contributed by atoms with Gasteiger partial charge in [-0.1, -0.05) is 6.08 Å². The molecule has 0 aliphatic carbocycles. The molecule has 0 amide bonds. The summed E-state index contributed by atoms with van der Waals surface area (Å²) in [7, 11) is 3.23. The summed E-state index contributed by atoms with van der Waals surface area (Å²) >= 11 is 1.47. The first-order valence-electron chi connectivity index (χ1n) is 9.65. The minimum atomic E-state index is 0.0903. The van der Waals surface area contributed by atoms with E-state index in [1.807, 2.05) is 30.5 Å². The Bertz CT molecular complexity index is 1150. The number of phenols is 1. The Labute approximate surface area is 185 Å². The van der Waals surface area contributed by atoms with Gasteiger partial charge in [-0.2, -0.15) is 5.10 Å². The van der Waals surface area contributed by atoms with Gasteiger partial charge in [-0.25, -0.2) is 4.68 Å². The number of nitrogens with zero attached hydrogens (tertiary/aromatic N) is 3. The van der Waals surface area contributed by atoms with Gasteiger partial charge in [0.05, 0.1) is 39.3 Å². The van der Waals surface area contributed by atoms with Gasteiger partial charge < -0.3 is 19.3 Å². The Morgan fingerprint density at radius 1 is 1.13 bits per heavy atom. The van der Waals surface area contributed by atoms with Crippen LogP contribution in [0.4, 0.5) is 0 Å². The van der Waals surface area contributed by atoms with Crippen LogP contribution in [0, 0.1) is 0 Å². The van der Waals surface area contributed by atoms with Crippen molar-refractivity contribution in [2.45, 2.75) is 6.92 Å². The van der Waals surface area contributed by atoms with Crippen LogP contribution in [-0.2, 0) is 0 Å². The zero-order valence-electron chi connectivity index (χ0n) is 17.7. The molecule has 0 saturated carbocycles. The Morgan fingerprint density at radius 2 is 1.97 bits per heavy atom. The highest BCUT2D eigenvalue weighted by Crippen LogP contribution is 2.33. The lowest BCUT2D eigenvalue weighted by Gasteiger charge is -2.11. The lowest BCUT2D eigenvalue weighted by molar-refractivity contribution is 0.318. The largest absolute Gasteiger partial charge is 0.504 e. The summed E-state index contributed by atoms with van der Waals surface area (Å²) in [6.45, 7) is 6.53. The van der Waals surface area contributed by atoms with Crippen LogP contribution in [-0.4, -0.2) is 43.4 Å². The minimum Gasteiger partial charge on any atom is -0.504 e. The van der Waals surface area contributed by atoms with E-state index >= 15 is 0 Å². The topological polar surface area (TPSA) is 77.6 Å². The second-order valence-corrected chi connectivity index (χ2v) is 7.15. The van der Waals surface area contributed by atoms with Gasteiger partial charge in [0.2, 0.25) is 4.80 Å². The maximum atomic E-state index is 9.93. The predicted octanol–water partition coefficient (Wildman–Crippen LogP) is 4.31. The number of benzene rings is 2. The van der Waals surface area contributed by atoms with Crippen molar-refractivity contribution >= 4 is 17.6 Å². The molecule has 2 aromatic carbocycles. The van der Waals surface area contributed by atoms with E-state index in [-0.39, 0.29) is 5.75 Å². The van der Waals surface area contributed by atoms with Crippen LogP contribution in [0.15, 0.2) is 64.5 Å². The highest BCUT2D eigenvalue weighted by molar-refractivity contribution is 7.07. The number of aromatic hydroxyl groups is 1. The summed E-state index contributed by atoms with van der Waals surface area (Å²) in [5, 5.41) is 16.6. The van der Waals surface area contributed by atoms with Crippen LogP contribution in [0.25, 0.3) is 11.3 Å². The van der Waals surface area contributed by atoms with Crippen LogP contribution >= 0.6 is 11.3 Å². The summed E-state index contributed by atoms with van der Waals surface area (Å²) in [6.07, 6.45) is 3.43. The molecule has 8 heteroatoms. The summed E-state index contributed by atoms with van der Waals surface area (Å²) in [5.41, 5.74) is 2.46. The Hall–Kier alpha value is -3.52. The van der Waals surface area contributed by atoms with Crippen molar-refractivity contribution in [2.24, 2.45) is 10.1 Å². The van der Waals surface area contributed by atoms with Crippen LogP contribution in [0.2, 0.25) is 0 Å². The van der Waals surface area contributed by atoms with Crippen molar-refractivity contribution < 1.29 is 19.3 Å². The van der Waals surface area contributed by atoms with Gasteiger partial charge in [0.15, 0.2) is 11.5 Å². The van der Waals surface area contributed by atoms with Crippen molar-refractivity contribution in [1.82, 2.24) is 4.68 Å². The van der Waals surface area contributed by atoms with E-state index in [0.717, 1.165) is 16.8 Å². The first-order valence-corrected chi connectivity index (χ1v) is 10.5. The molecule has 0 fully saturated rings. The molecule has 0 aliphatic rings. The third-order valence-electron chi connectivity index (χ3n) is 4.33. The van der Waals surface area contributed by atoms with Gasteiger partial charge in [-0.05, 0) is 42.8 Å². The number of phenolic OH excluding ortho intramolecular Hbond substituents is 1. The quantitative estimate of drug-likeness (QED) is 0.398. The van der Waals surface area contributed by atoms with Gasteiger partial charge in [0.1, 0.15) is 11.5 Å². The zero-order valence-corrected chi connectivity index (χ0v) is 18.6. The highest BCUT2D eigenvalue weighted by atomic mass is 32.1. The van der Waals surface area contributed by atoms with Gasteiger partial charge in [0, 0.05) is 17.0 Å². The number of thiazole rings is 1. The standard InChI is InChI=1S/C23H25N3O4S/c1-5-11-24-23-26(25-14-16-7-10-20(27)22(12-16)30-6-2)19(15-31-23)18-9-8-17(28-3)13-21(18)29-4/h5,7-10,12-15,27H,1,6,11H2,2-4H3. The number of hydrogen-bond acceptors (Lipinski definition) is 7. The fourth-order valence-corrected chi connectivity index (χ4v) is 3.70. The normalized spacial score (nSPS) is 11.6. The van der Waals surface area contributed by atoms with Crippen molar-refractivity contribution in [3.63, 3.8) is 0 Å². The lowest BCUT2D eigenvalue weighted by Crippen LogP contribution is -2.12. The molecular weight excluding hydrogens is 414 g/mol. The third-order valence-corrected chi connectivity index (χ3v) is 5.19. The van der Waals surface area contributed by atoms with Gasteiger partial charge in [-0.15, -0.1) is 17.9 Å². The number of rotatable bonds is 9. The van der Waals surface area contributed by atoms with Crippen molar-refractivity contribution in [3.05, 3.63) is 64.8 Å². The molecule has 1 aromatic heterocycles. The third kappa shape index (κ3) is 5.16. The van der Waals surface area contributed by atoms with E-state index in [0.29, 0.717) is 35.2 Å². The Morgan fingerprint density at radius 3 is 2.68 bits per heavy atom. The molecule has 162 valence electrons. The smallest absolute Gasteiger partial charge is 0.206 e. The van der Waals surface area contributed by atoms with E-state index < -0.39 is 0 Å². The molecule has 0 aliphatic heterocycles. The van der Waals surface area contributed by atoms with Crippen LogP contribution in [0.3, 0.4) is 0 Å². The predicted molar refractivity (Wildman–Crippen MR) is 124 cm³/mol. The Kier molecular flexibility index (Phi) is 7.50. The molecule has 7 nitrogen and oxygen atoms in total. The van der Waals surface area contributed by atoms with E-state index in [1.165, 1.54) is 11.3 Å². The molecule has 0 radical (unpaired) electrons. The summed E-state index contributed by atoms with van der Waals surface area (Å²) < 4.78 is 18.1. The molecule has 0 spiro atoms. The molecule has 31 heavy (non-hydrogen) atoms. The monoisotopic (exact) mass is 439 g/mol. The molecule has 1 heterocycles. The number of hydrogen-bond donors (Lipinski definition) is 1. The van der Waals surface area contributed by atoms with Crippen LogP contribution < -0.4 is 19.0 Å². The number of ether oxygens (including phenoxy) is 3. The fourth-order valence-electron chi connectivity index (χ4n) is 2.86. The van der Waals surface area contributed by atoms with Crippen molar-refractivity contribution in [3.8, 4) is 34.3 Å². The average Bonchev–Trinajstić information content (AvgIpc) is 3.20. The summed E-state index contributed by atoms with van der Waals surface area (Å²) in [6, 6.07) is 10.7. The zero-order chi connectivity index (χ0) is 22.2. The molecule has 0 atom stereocenters. The molecule has 3 rings (SSSR count). The first-order chi connectivity index (χ1) is 15.1. The summed E-state index contributed by atoms with van der Waals surface area (Å²) in [5.74, 6) is 1.87. The maximum Gasteiger partial charge on any atom is 0.206 e. The minimum absolute atomic E-state index is 0.0903. The molecule has 0 saturated heterocycles. The SMILES string of the molecule is C=CCN=c1scc(-c2ccc(OC)cc2OC)n1N=Cc1ccc(O)c(OCC)c1. The van der Waals surface area contributed by atoms with E-state index in [9.17, 15) is 5.11 Å². The van der Waals surface area contributed by atoms with Crippen molar-refractivity contribution in [1.29, 1.82) is 0 Å². The second-order valence-electron chi connectivity index (χ2n) is 6.32. The van der Waals surface area contributed by atoms with Gasteiger partial charge >= 0.3 is 0 Å². The van der Waals surface area contributed by atoms with Gasteiger partial charge in [-0.3, -0.25) is 4.99 Å². The Balaban J connectivity index is 2.09. The number of methoxy groups -OCH3 is 2. The second kappa shape index (κ2) is 10.5. The number of aromatic nitrogens is 1. The van der Waals surface area contributed by atoms with Crippen LogP contribution in [0.5, 0.6) is 23.0 Å². The van der Waals surface area contributed by atoms with E-state index in [2.05, 4.69) is 16.7 Å². The van der Waals surface area contributed by atoms with E-state index in [1.54, 1.807) is 49.4 Å². The molecule has 0 unspecified atom stereocenters. The van der Waals surface area contributed by atoms with Crippen molar-refractivity contribution in [2.75, 3.05) is 27.4 Å². The van der Waals surface area contributed by atoms with Crippen LogP contribution in [0.1, 0.15) is 12.5 Å². The molecule has 1 N–H and O–H groups in total. The molecular formula is C23H25N3O4S. The molecule has 0 bridgehead atoms. The highest BCUT2D eigenvalue weighted by Gasteiger charge is 2.14. The maximum absolute atomic E-state index is 9.93. The average molecular weight is 440 g/mol. The fraction of sp³-hybridized carbons (Fsp3) is 0.217. The lowest BCUT2D eigenvalue weighted by atomic mass is 10.1. The summed E-state index contributed by atoms with van der Waals surface area (Å²) in [4.78, 5) is 5.27. The molecule has 3 aromatic rings. The van der Waals surface area contributed by atoms with E-state index in [4.69, 9.17) is 14.2 Å². The van der Waals surface area contributed by atoms with Gasteiger partial charge in [0.25, 0.3) is 0 Å².